The van der Waals surface area contributed by atoms with Crippen molar-refractivity contribution in [1.29, 1.82) is 0 Å². The number of ether oxygens (including phenoxy) is 3. The third-order valence-electron chi connectivity index (χ3n) is 9.22. The van der Waals surface area contributed by atoms with Gasteiger partial charge in [-0.25, -0.2) is 9.59 Å². The fourth-order valence-electron chi connectivity index (χ4n) is 6.82. The van der Waals surface area contributed by atoms with E-state index in [1.165, 1.54) is 16.6 Å². The molecular formula is C33H37ClN4O7. The first kappa shape index (κ1) is 31.0. The molecule has 45 heavy (non-hydrogen) atoms. The lowest BCUT2D eigenvalue weighted by Gasteiger charge is -2.35. The van der Waals surface area contributed by atoms with E-state index >= 15 is 0 Å². The lowest BCUT2D eigenvalue weighted by Crippen LogP contribution is -2.57. The zero-order valence-corrected chi connectivity index (χ0v) is 26.5. The van der Waals surface area contributed by atoms with Crippen LogP contribution in [0.3, 0.4) is 0 Å². The molecule has 1 saturated carbocycles. The number of carbonyl (C=O) groups excluding carboxylic acids is 3. The second-order valence-corrected chi connectivity index (χ2v) is 13.7. The first-order valence-electron chi connectivity index (χ1n) is 15.3. The van der Waals surface area contributed by atoms with Crippen LogP contribution in [0.25, 0.3) is 10.9 Å². The number of nitrogens with one attached hydrogen (secondary N) is 1. The first-order chi connectivity index (χ1) is 21.4. The Labute approximate surface area is 266 Å². The molecule has 2 amide bonds. The van der Waals surface area contributed by atoms with Gasteiger partial charge < -0.3 is 24.4 Å². The molecule has 12 heteroatoms. The molecule has 11 nitrogen and oxygen atoms in total. The average Bonchev–Trinajstić information content (AvgIpc) is 3.49. The Bertz CT molecular complexity index is 1690. The third kappa shape index (κ3) is 6.00. The fourth-order valence-corrected chi connectivity index (χ4v) is 6.98. The third-order valence-corrected chi connectivity index (χ3v) is 9.46. The Hall–Kier alpha value is -4.04. The molecule has 3 heterocycles. The number of rotatable bonds is 1. The number of amides is 2. The van der Waals surface area contributed by atoms with Gasteiger partial charge in [-0.3, -0.25) is 14.2 Å². The van der Waals surface area contributed by atoms with Crippen molar-refractivity contribution >= 4 is 40.5 Å². The predicted molar refractivity (Wildman–Crippen MR) is 165 cm³/mol. The number of esters is 1. The number of aromatic nitrogens is 2. The number of benzene rings is 1. The summed E-state index contributed by atoms with van der Waals surface area (Å²) in [4.78, 5) is 60.1. The first-order valence-corrected chi connectivity index (χ1v) is 15.7. The van der Waals surface area contributed by atoms with Crippen LogP contribution in [0.5, 0.6) is 6.01 Å². The second-order valence-electron chi connectivity index (χ2n) is 13.2. The Morgan fingerprint density at radius 2 is 1.93 bits per heavy atom. The molecule has 0 radical (unpaired) electrons. The van der Waals surface area contributed by atoms with Gasteiger partial charge in [0, 0.05) is 35.7 Å². The van der Waals surface area contributed by atoms with Crippen LogP contribution in [-0.2, 0) is 25.6 Å². The minimum atomic E-state index is -1.01. The number of fused-ring (bicyclic) bond motifs is 7. The molecule has 2 aliphatic carbocycles. The Morgan fingerprint density at radius 1 is 1.13 bits per heavy atom. The van der Waals surface area contributed by atoms with Gasteiger partial charge in [0.25, 0.3) is 11.6 Å². The summed E-state index contributed by atoms with van der Waals surface area (Å²) < 4.78 is 18.8. The van der Waals surface area contributed by atoms with Crippen LogP contribution in [-0.4, -0.2) is 70.4 Å². The number of alkyl carbamates (subject to hydrolysis) is 1. The van der Waals surface area contributed by atoms with Crippen LogP contribution in [0.2, 0.25) is 5.02 Å². The second kappa shape index (κ2) is 12.0. The van der Waals surface area contributed by atoms with Crippen LogP contribution in [0.1, 0.15) is 46.5 Å². The van der Waals surface area contributed by atoms with E-state index in [1.54, 1.807) is 18.2 Å². The molecule has 2 aromatic rings. The number of hydrogen-bond acceptors (Lipinski definition) is 8. The number of carbonyl (C=O) groups is 3. The van der Waals surface area contributed by atoms with E-state index in [9.17, 15) is 19.2 Å². The summed E-state index contributed by atoms with van der Waals surface area (Å²) in [6.45, 7) is 5.70. The highest BCUT2D eigenvalue weighted by Crippen LogP contribution is 2.45. The summed E-state index contributed by atoms with van der Waals surface area (Å²) in [6, 6.07) is 2.94. The van der Waals surface area contributed by atoms with E-state index < -0.39 is 41.6 Å². The van der Waals surface area contributed by atoms with Gasteiger partial charge in [0.1, 0.15) is 24.3 Å². The lowest BCUT2D eigenvalue weighted by molar-refractivity contribution is -0.152. The van der Waals surface area contributed by atoms with Crippen molar-refractivity contribution in [3.8, 4) is 17.9 Å². The zero-order valence-electron chi connectivity index (χ0n) is 25.7. The molecule has 1 N–H and O–H groups in total. The lowest BCUT2D eigenvalue weighted by atomic mass is 9.81. The zero-order chi connectivity index (χ0) is 32.0. The molecule has 4 aliphatic rings. The van der Waals surface area contributed by atoms with E-state index in [2.05, 4.69) is 22.1 Å². The van der Waals surface area contributed by atoms with Crippen molar-refractivity contribution < 1.29 is 28.6 Å². The van der Waals surface area contributed by atoms with E-state index in [-0.39, 0.29) is 54.9 Å². The molecule has 0 unspecified atom stereocenters. The number of hydrogen-bond donors (Lipinski definition) is 1. The molecule has 2 aliphatic heterocycles. The number of allylic oxidation sites excluding steroid dienone is 2. The highest BCUT2D eigenvalue weighted by atomic mass is 35.5. The van der Waals surface area contributed by atoms with Crippen LogP contribution in [0.4, 0.5) is 4.79 Å². The van der Waals surface area contributed by atoms with E-state index in [4.69, 9.17) is 25.8 Å². The molecule has 0 spiro atoms. The quantitative estimate of drug-likeness (QED) is 0.285. The largest absolute Gasteiger partial charge is 0.467 e. The maximum atomic E-state index is 14.2. The van der Waals surface area contributed by atoms with Gasteiger partial charge >= 0.3 is 12.1 Å². The Morgan fingerprint density at radius 3 is 2.64 bits per heavy atom. The standard InChI is InChI=1S/C33H37ClN4O7/c1-33(2,3)27-29(40)38-17-20(16-25(38)30(41)43-4)44-31-35-24-15-19(34)10-12-23(24)28(39)37(31)13-7-5-6-8-22-21-11-9-18(21)14-26(22)45-32(42)36-27/h5,7,10,12,15,18,20-22,25-27H,6,8,13-14,16-17H2,1-4H3,(H,36,42)/b7-5+/t18-,20+,21-,22+,25-,26+,27+/m0/s1. The van der Waals surface area contributed by atoms with E-state index in [1.807, 2.05) is 32.9 Å². The molecular weight excluding hydrogens is 600 g/mol. The summed E-state index contributed by atoms with van der Waals surface area (Å²) >= 11 is 6.21. The van der Waals surface area contributed by atoms with Crippen molar-refractivity contribution in [2.45, 2.75) is 77.3 Å². The van der Waals surface area contributed by atoms with Gasteiger partial charge in [-0.05, 0) is 42.9 Å². The van der Waals surface area contributed by atoms with Gasteiger partial charge in [0.15, 0.2) is 0 Å². The number of halogens is 1. The molecule has 7 atom stereocenters. The summed E-state index contributed by atoms with van der Waals surface area (Å²) in [6.07, 6.45) is 4.34. The number of methoxy groups -OCH3 is 1. The van der Waals surface area contributed by atoms with E-state index in [0.29, 0.717) is 28.8 Å². The normalized spacial score (nSPS) is 30.5. The smallest absolute Gasteiger partial charge is 0.408 e. The van der Waals surface area contributed by atoms with Crippen LogP contribution in [0.15, 0.2) is 35.1 Å². The topological polar surface area (TPSA) is 129 Å². The van der Waals surface area contributed by atoms with Gasteiger partial charge in [0.2, 0.25) is 5.91 Å². The van der Waals surface area contributed by atoms with Gasteiger partial charge in [-0.2, -0.15) is 4.98 Å². The van der Waals surface area contributed by atoms with Crippen molar-refractivity contribution in [2.24, 2.45) is 23.2 Å². The molecule has 2 bridgehead atoms. The monoisotopic (exact) mass is 636 g/mol. The Kier molecular flexibility index (Phi) is 8.29. The fraction of sp³-hybridized carbons (Fsp3) is 0.545. The van der Waals surface area contributed by atoms with E-state index in [0.717, 1.165) is 6.42 Å². The number of nitrogens with zero attached hydrogens (tertiary/aromatic N) is 3. The summed E-state index contributed by atoms with van der Waals surface area (Å²) in [5, 5.41) is 3.62. The van der Waals surface area contributed by atoms with Crippen LogP contribution >= 0.6 is 11.6 Å². The summed E-state index contributed by atoms with van der Waals surface area (Å²) in [5.41, 5.74) is -0.647. The molecule has 238 valence electrons. The van der Waals surface area contributed by atoms with Crippen molar-refractivity contribution in [3.05, 3.63) is 45.7 Å². The van der Waals surface area contributed by atoms with Crippen molar-refractivity contribution in [3.63, 3.8) is 0 Å². The predicted octanol–water partition coefficient (Wildman–Crippen LogP) is 3.70. The van der Waals surface area contributed by atoms with Gasteiger partial charge in [-0.1, -0.05) is 56.4 Å². The maximum absolute atomic E-state index is 14.2. The van der Waals surface area contributed by atoms with Crippen molar-refractivity contribution in [1.82, 2.24) is 19.8 Å². The molecule has 1 aromatic carbocycles. The highest BCUT2D eigenvalue weighted by Gasteiger charge is 2.49. The van der Waals surface area contributed by atoms with Crippen LogP contribution < -0.4 is 15.6 Å². The van der Waals surface area contributed by atoms with Gasteiger partial charge in [0.05, 0.1) is 24.6 Å². The summed E-state index contributed by atoms with van der Waals surface area (Å²) in [5.74, 6) is 5.74. The molecule has 6 rings (SSSR count). The SMILES string of the molecule is COC(=O)[C@@H]1C[C@@H]2CN1C(=O)[C@H](C(C)(C)C)NC(=O)O[C@@H]1C[C@@H]3C#C[C@@H]3[C@H]1CC/C=C/Cn1c(nc3cc(Cl)ccc3c1=O)O2. The Balaban J connectivity index is 1.40. The minimum absolute atomic E-state index is 0.00655. The maximum Gasteiger partial charge on any atom is 0.408 e. The van der Waals surface area contributed by atoms with Crippen molar-refractivity contribution in [2.75, 3.05) is 13.7 Å². The molecule has 1 saturated heterocycles. The molecule has 2 fully saturated rings. The summed E-state index contributed by atoms with van der Waals surface area (Å²) in [7, 11) is 1.25. The molecule has 1 aromatic heterocycles. The minimum Gasteiger partial charge on any atom is -0.467 e. The average molecular weight is 637 g/mol. The van der Waals surface area contributed by atoms with Crippen LogP contribution in [0, 0.1) is 35.0 Å². The van der Waals surface area contributed by atoms with Gasteiger partial charge in [-0.15, -0.1) is 0 Å². The highest BCUT2D eigenvalue weighted by molar-refractivity contribution is 6.31.